The van der Waals surface area contributed by atoms with Gasteiger partial charge in [-0.1, -0.05) is 35.3 Å². The molecule has 0 aromatic heterocycles. The van der Waals surface area contributed by atoms with Crippen LogP contribution in [0.2, 0.25) is 10.0 Å². The monoisotopic (exact) mass is 446 g/mol. The van der Waals surface area contributed by atoms with E-state index in [-0.39, 0.29) is 23.4 Å². The van der Waals surface area contributed by atoms with Gasteiger partial charge in [0.15, 0.2) is 0 Å². The van der Waals surface area contributed by atoms with Crippen LogP contribution in [0.4, 0.5) is 0 Å². The van der Waals surface area contributed by atoms with Gasteiger partial charge in [0.25, 0.3) is 0 Å². The molecule has 2 atom stereocenters. The number of benzene rings is 2. The van der Waals surface area contributed by atoms with Gasteiger partial charge in [0.2, 0.25) is 5.91 Å². The molecule has 30 heavy (non-hydrogen) atoms. The third kappa shape index (κ3) is 4.20. The first-order valence-corrected chi connectivity index (χ1v) is 11.1. The molecular weight excluding hydrogens is 423 g/mol. The van der Waals surface area contributed by atoms with Crippen molar-refractivity contribution in [3.63, 3.8) is 0 Å². The fraction of sp³-hybridized carbons (Fsp3) is 0.391. The normalized spacial score (nSPS) is 20.7. The zero-order valence-corrected chi connectivity index (χ0v) is 18.0. The van der Waals surface area contributed by atoms with Gasteiger partial charge in [-0.25, -0.2) is 4.79 Å². The number of likely N-dealkylation sites (tertiary alicyclic amines) is 1. The van der Waals surface area contributed by atoms with E-state index in [1.54, 1.807) is 24.3 Å². The summed E-state index contributed by atoms with van der Waals surface area (Å²) >= 11 is 13.5. The topological polar surface area (TPSA) is 69.6 Å². The minimum atomic E-state index is -0.966. The number of nitrogens with zero attached hydrogens (tertiary/aromatic N) is 1. The molecule has 2 aromatic carbocycles. The number of carbonyl (C=O) groups is 2. The molecule has 2 aliphatic heterocycles. The highest BCUT2D eigenvalue weighted by Crippen LogP contribution is 2.43. The van der Waals surface area contributed by atoms with Crippen molar-refractivity contribution in [2.75, 3.05) is 19.6 Å². The summed E-state index contributed by atoms with van der Waals surface area (Å²) in [5.41, 5.74) is 2.70. The molecule has 5 nitrogen and oxygen atoms in total. The van der Waals surface area contributed by atoms with Crippen molar-refractivity contribution in [2.24, 2.45) is 5.92 Å². The van der Waals surface area contributed by atoms with Crippen LogP contribution in [-0.4, -0.2) is 41.5 Å². The molecule has 2 fully saturated rings. The zero-order chi connectivity index (χ0) is 21.3. The number of carboxylic acid groups (broad SMARTS) is 1. The molecule has 0 aliphatic carbocycles. The Morgan fingerprint density at radius 1 is 1.03 bits per heavy atom. The highest BCUT2D eigenvalue weighted by atomic mass is 35.5. The van der Waals surface area contributed by atoms with Gasteiger partial charge < -0.3 is 10.4 Å². The quantitative estimate of drug-likeness (QED) is 0.675. The first-order valence-electron chi connectivity index (χ1n) is 10.3. The molecule has 158 valence electrons. The minimum absolute atomic E-state index is 0.0682. The Morgan fingerprint density at radius 3 is 2.23 bits per heavy atom. The van der Waals surface area contributed by atoms with Crippen LogP contribution in [0.5, 0.6) is 0 Å². The van der Waals surface area contributed by atoms with Crippen LogP contribution >= 0.6 is 23.2 Å². The molecule has 2 heterocycles. The summed E-state index contributed by atoms with van der Waals surface area (Å²) in [4.78, 5) is 26.1. The second-order valence-electron chi connectivity index (χ2n) is 7.96. The standard InChI is InChI=1S/C23H24Cl2N2O3/c24-18-12-16(14-5-7-15(8-6-14)23(29)30)13-19(25)20(18)21(27-10-1-2-11-27)17-4-3-9-26-22(17)28/h5-8,12-13,17,21H,1-4,9-11H2,(H,26,28)(H,29,30). The highest BCUT2D eigenvalue weighted by molar-refractivity contribution is 6.36. The fourth-order valence-corrected chi connectivity index (χ4v) is 5.30. The fourth-order valence-electron chi connectivity index (χ4n) is 4.59. The van der Waals surface area contributed by atoms with Crippen LogP contribution in [0.1, 0.15) is 47.6 Å². The third-order valence-corrected chi connectivity index (χ3v) is 6.71. The van der Waals surface area contributed by atoms with Crippen molar-refractivity contribution < 1.29 is 14.7 Å². The minimum Gasteiger partial charge on any atom is -0.478 e. The molecule has 2 unspecified atom stereocenters. The van der Waals surface area contributed by atoms with Crippen molar-refractivity contribution in [1.82, 2.24) is 10.2 Å². The molecule has 2 aliphatic rings. The highest BCUT2D eigenvalue weighted by Gasteiger charge is 2.38. The van der Waals surface area contributed by atoms with E-state index in [0.717, 1.165) is 62.0 Å². The number of carbonyl (C=O) groups excluding carboxylic acids is 1. The smallest absolute Gasteiger partial charge is 0.335 e. The Kier molecular flexibility index (Phi) is 6.32. The molecule has 0 spiro atoms. The average Bonchev–Trinajstić information content (AvgIpc) is 3.26. The Morgan fingerprint density at radius 2 is 1.67 bits per heavy atom. The second kappa shape index (κ2) is 8.96. The maximum absolute atomic E-state index is 12.7. The van der Waals surface area contributed by atoms with E-state index in [1.807, 2.05) is 12.1 Å². The van der Waals surface area contributed by atoms with Gasteiger partial charge in [0.1, 0.15) is 0 Å². The maximum Gasteiger partial charge on any atom is 0.335 e. The van der Waals surface area contributed by atoms with Gasteiger partial charge in [0, 0.05) is 28.2 Å². The molecule has 2 saturated heterocycles. The van der Waals surface area contributed by atoms with Crippen molar-refractivity contribution >= 4 is 35.1 Å². The maximum atomic E-state index is 12.7. The number of halogens is 2. The number of amides is 1. The van der Waals surface area contributed by atoms with Crippen LogP contribution in [-0.2, 0) is 4.79 Å². The number of hydrogen-bond acceptors (Lipinski definition) is 3. The summed E-state index contributed by atoms with van der Waals surface area (Å²) in [7, 11) is 0. The Bertz CT molecular complexity index is 932. The molecule has 2 aromatic rings. The molecule has 0 saturated carbocycles. The lowest BCUT2D eigenvalue weighted by atomic mass is 9.85. The average molecular weight is 447 g/mol. The number of hydrogen-bond donors (Lipinski definition) is 2. The summed E-state index contributed by atoms with van der Waals surface area (Å²) < 4.78 is 0. The van der Waals surface area contributed by atoms with Gasteiger partial charge in [-0.3, -0.25) is 9.69 Å². The molecule has 0 bridgehead atoms. The van der Waals surface area contributed by atoms with Gasteiger partial charge in [-0.05, 0) is 74.2 Å². The van der Waals surface area contributed by atoms with E-state index < -0.39 is 5.97 Å². The molecular formula is C23H24Cl2N2O3. The number of rotatable bonds is 5. The number of aromatic carboxylic acids is 1. The Labute approximate surface area is 186 Å². The summed E-state index contributed by atoms with van der Waals surface area (Å²) in [5, 5.41) is 13.2. The first kappa shape index (κ1) is 21.2. The number of carboxylic acids is 1. The molecule has 1 amide bonds. The summed E-state index contributed by atoms with van der Waals surface area (Å²) in [5.74, 6) is -1.07. The van der Waals surface area contributed by atoms with Crippen molar-refractivity contribution in [3.8, 4) is 11.1 Å². The van der Waals surface area contributed by atoms with Crippen LogP contribution in [0, 0.1) is 5.92 Å². The summed E-state index contributed by atoms with van der Waals surface area (Å²) in [6, 6.07) is 10.2. The van der Waals surface area contributed by atoms with E-state index in [9.17, 15) is 9.59 Å². The predicted molar refractivity (Wildman–Crippen MR) is 118 cm³/mol. The lowest BCUT2D eigenvalue weighted by Gasteiger charge is -2.37. The number of piperidine rings is 1. The van der Waals surface area contributed by atoms with Crippen molar-refractivity contribution in [2.45, 2.75) is 31.7 Å². The second-order valence-corrected chi connectivity index (χ2v) is 8.78. The van der Waals surface area contributed by atoms with Gasteiger partial charge in [-0.15, -0.1) is 0 Å². The SMILES string of the molecule is O=C(O)c1ccc(-c2cc(Cl)c(C(C3CCCNC3=O)N3CCCC3)c(Cl)c2)cc1. The van der Waals surface area contributed by atoms with Crippen LogP contribution in [0.3, 0.4) is 0 Å². The van der Waals surface area contributed by atoms with Gasteiger partial charge >= 0.3 is 5.97 Å². The lowest BCUT2D eigenvalue weighted by molar-refractivity contribution is -0.129. The largest absolute Gasteiger partial charge is 0.478 e. The summed E-state index contributed by atoms with van der Waals surface area (Å²) in [6.07, 6.45) is 3.98. The van der Waals surface area contributed by atoms with E-state index in [0.29, 0.717) is 10.0 Å². The van der Waals surface area contributed by atoms with E-state index >= 15 is 0 Å². The van der Waals surface area contributed by atoms with E-state index in [4.69, 9.17) is 28.3 Å². The molecule has 0 radical (unpaired) electrons. The molecule has 7 heteroatoms. The first-order chi connectivity index (χ1) is 14.5. The van der Waals surface area contributed by atoms with Crippen molar-refractivity contribution in [3.05, 3.63) is 57.6 Å². The zero-order valence-electron chi connectivity index (χ0n) is 16.5. The van der Waals surface area contributed by atoms with Gasteiger partial charge in [0.05, 0.1) is 11.5 Å². The molecule has 2 N–H and O–H groups in total. The Balaban J connectivity index is 1.72. The van der Waals surface area contributed by atoms with Crippen LogP contribution in [0.15, 0.2) is 36.4 Å². The van der Waals surface area contributed by atoms with Crippen LogP contribution < -0.4 is 5.32 Å². The van der Waals surface area contributed by atoms with E-state index in [1.165, 1.54) is 0 Å². The van der Waals surface area contributed by atoms with Gasteiger partial charge in [-0.2, -0.15) is 0 Å². The predicted octanol–water partition coefficient (Wildman–Crippen LogP) is 5.02. The number of nitrogens with one attached hydrogen (secondary N) is 1. The van der Waals surface area contributed by atoms with Crippen LogP contribution in [0.25, 0.3) is 11.1 Å². The lowest BCUT2D eigenvalue weighted by Crippen LogP contribution is -2.44. The summed E-state index contributed by atoms with van der Waals surface area (Å²) in [6.45, 7) is 2.58. The van der Waals surface area contributed by atoms with Crippen molar-refractivity contribution in [1.29, 1.82) is 0 Å². The Hall–Kier alpha value is -2.08. The third-order valence-electron chi connectivity index (χ3n) is 6.08. The molecule has 4 rings (SSSR count). The van der Waals surface area contributed by atoms with E-state index in [2.05, 4.69) is 10.2 Å².